The van der Waals surface area contributed by atoms with Gasteiger partial charge in [0.05, 0.1) is 6.10 Å². The molecule has 1 atom stereocenters. The molecule has 2 heteroatoms. The molecule has 56 valence electrons. The molecule has 0 aliphatic heterocycles. The summed E-state index contributed by atoms with van der Waals surface area (Å²) in [5.41, 5.74) is 0.988. The number of aryl methyl sites for hydroxylation is 1. The zero-order valence-electron chi connectivity index (χ0n) is 6.41. The number of hydrogen-bond donors (Lipinski definition) is 1. The van der Waals surface area contributed by atoms with E-state index >= 15 is 0 Å². The maximum Gasteiger partial charge on any atom is 0.0911 e. The molecular weight excluding hydrogens is 126 g/mol. The molecule has 1 rings (SSSR count). The molecule has 0 saturated carbocycles. The van der Waals surface area contributed by atoms with Crippen LogP contribution in [0.5, 0.6) is 0 Å². The highest BCUT2D eigenvalue weighted by molar-refractivity contribution is 5.09. The van der Waals surface area contributed by atoms with Crippen molar-refractivity contribution in [3.05, 3.63) is 24.0 Å². The Balaban J connectivity index is 2.90. The van der Waals surface area contributed by atoms with Gasteiger partial charge < -0.3 is 9.67 Å². The molecule has 0 spiro atoms. The van der Waals surface area contributed by atoms with E-state index in [2.05, 4.69) is 6.92 Å². The van der Waals surface area contributed by atoms with Crippen LogP contribution in [0.4, 0.5) is 0 Å². The van der Waals surface area contributed by atoms with E-state index in [1.165, 1.54) is 0 Å². The Morgan fingerprint density at radius 1 is 1.70 bits per heavy atom. The van der Waals surface area contributed by atoms with E-state index in [1.807, 2.05) is 22.9 Å². The SMILES string of the molecule is CCn1cccc1C(C)O. The van der Waals surface area contributed by atoms with Crippen LogP contribution in [-0.2, 0) is 6.54 Å². The summed E-state index contributed by atoms with van der Waals surface area (Å²) in [5, 5.41) is 9.20. The standard InChI is InChI=1S/C8H13NO/c1-3-9-6-4-5-8(9)7(2)10/h4-7,10H,3H2,1-2H3. The summed E-state index contributed by atoms with van der Waals surface area (Å²) in [6, 6.07) is 3.89. The third-order valence-electron chi connectivity index (χ3n) is 1.63. The van der Waals surface area contributed by atoms with Crippen molar-refractivity contribution >= 4 is 0 Å². The second kappa shape index (κ2) is 2.88. The van der Waals surface area contributed by atoms with Gasteiger partial charge in [0.25, 0.3) is 0 Å². The quantitative estimate of drug-likeness (QED) is 0.661. The summed E-state index contributed by atoms with van der Waals surface area (Å²) in [5.74, 6) is 0. The van der Waals surface area contributed by atoms with E-state index < -0.39 is 0 Å². The fraction of sp³-hybridized carbons (Fsp3) is 0.500. The molecule has 1 aromatic rings. The molecule has 0 amide bonds. The summed E-state index contributed by atoms with van der Waals surface area (Å²) in [6.07, 6.45) is 1.62. The van der Waals surface area contributed by atoms with Crippen molar-refractivity contribution in [1.29, 1.82) is 0 Å². The molecule has 10 heavy (non-hydrogen) atoms. The lowest BCUT2D eigenvalue weighted by atomic mass is 10.3. The first-order valence-corrected chi connectivity index (χ1v) is 3.58. The highest BCUT2D eigenvalue weighted by Crippen LogP contribution is 2.11. The van der Waals surface area contributed by atoms with Gasteiger partial charge >= 0.3 is 0 Å². The maximum absolute atomic E-state index is 9.20. The van der Waals surface area contributed by atoms with Crippen LogP contribution in [0.3, 0.4) is 0 Å². The van der Waals surface area contributed by atoms with Crippen molar-refractivity contribution in [3.63, 3.8) is 0 Å². The van der Waals surface area contributed by atoms with Gasteiger partial charge in [-0.3, -0.25) is 0 Å². The minimum Gasteiger partial charge on any atom is -0.387 e. The lowest BCUT2D eigenvalue weighted by molar-refractivity contribution is 0.189. The van der Waals surface area contributed by atoms with E-state index in [9.17, 15) is 5.11 Å². The van der Waals surface area contributed by atoms with Gasteiger partial charge in [0, 0.05) is 18.4 Å². The van der Waals surface area contributed by atoms with Crippen LogP contribution in [0.2, 0.25) is 0 Å². The average molecular weight is 139 g/mol. The van der Waals surface area contributed by atoms with E-state index in [1.54, 1.807) is 6.92 Å². The van der Waals surface area contributed by atoms with Gasteiger partial charge in [-0.1, -0.05) is 0 Å². The van der Waals surface area contributed by atoms with Gasteiger partial charge in [-0.15, -0.1) is 0 Å². The fourth-order valence-corrected chi connectivity index (χ4v) is 1.09. The second-order valence-electron chi connectivity index (χ2n) is 2.40. The Morgan fingerprint density at radius 3 is 2.80 bits per heavy atom. The summed E-state index contributed by atoms with van der Waals surface area (Å²) in [4.78, 5) is 0. The fourth-order valence-electron chi connectivity index (χ4n) is 1.09. The number of aliphatic hydroxyl groups excluding tert-OH is 1. The third kappa shape index (κ3) is 1.21. The average Bonchev–Trinajstić information content (AvgIpc) is 2.33. The Bertz CT molecular complexity index is 203. The lowest BCUT2D eigenvalue weighted by Gasteiger charge is -2.07. The zero-order chi connectivity index (χ0) is 7.56. The van der Waals surface area contributed by atoms with Crippen LogP contribution in [0, 0.1) is 0 Å². The Hall–Kier alpha value is -0.760. The predicted molar refractivity (Wildman–Crippen MR) is 40.7 cm³/mol. The van der Waals surface area contributed by atoms with Gasteiger partial charge in [0.2, 0.25) is 0 Å². The van der Waals surface area contributed by atoms with Crippen LogP contribution in [0.15, 0.2) is 18.3 Å². The topological polar surface area (TPSA) is 25.2 Å². The molecule has 0 saturated heterocycles. The monoisotopic (exact) mass is 139 g/mol. The first-order chi connectivity index (χ1) is 4.75. The van der Waals surface area contributed by atoms with Gasteiger partial charge in [-0.25, -0.2) is 0 Å². The third-order valence-corrected chi connectivity index (χ3v) is 1.63. The van der Waals surface area contributed by atoms with E-state index in [0.29, 0.717) is 0 Å². The van der Waals surface area contributed by atoms with Crippen LogP contribution in [-0.4, -0.2) is 9.67 Å². The summed E-state index contributed by atoms with van der Waals surface area (Å²) in [6.45, 7) is 4.76. The molecular formula is C8H13NO. The van der Waals surface area contributed by atoms with Crippen molar-refractivity contribution in [2.24, 2.45) is 0 Å². The van der Waals surface area contributed by atoms with Crippen LogP contribution in [0.25, 0.3) is 0 Å². The Labute approximate surface area is 61.1 Å². The molecule has 1 N–H and O–H groups in total. The van der Waals surface area contributed by atoms with Crippen LogP contribution in [0.1, 0.15) is 25.6 Å². The predicted octanol–water partition coefficient (Wildman–Crippen LogP) is 1.56. The molecule has 0 bridgehead atoms. The second-order valence-corrected chi connectivity index (χ2v) is 2.40. The molecule has 0 aliphatic rings. The van der Waals surface area contributed by atoms with Gasteiger partial charge in [-0.2, -0.15) is 0 Å². The van der Waals surface area contributed by atoms with Gasteiger partial charge in [-0.05, 0) is 26.0 Å². The van der Waals surface area contributed by atoms with Crippen molar-refractivity contribution in [3.8, 4) is 0 Å². The van der Waals surface area contributed by atoms with Crippen molar-refractivity contribution in [1.82, 2.24) is 4.57 Å². The number of aliphatic hydroxyl groups is 1. The first kappa shape index (κ1) is 7.35. The molecule has 2 nitrogen and oxygen atoms in total. The highest BCUT2D eigenvalue weighted by Gasteiger charge is 2.03. The van der Waals surface area contributed by atoms with E-state index in [4.69, 9.17) is 0 Å². The number of aromatic nitrogens is 1. The largest absolute Gasteiger partial charge is 0.387 e. The number of nitrogens with zero attached hydrogens (tertiary/aromatic N) is 1. The molecule has 1 aromatic heterocycles. The van der Waals surface area contributed by atoms with Gasteiger partial charge in [0.15, 0.2) is 0 Å². The molecule has 0 aromatic carbocycles. The Morgan fingerprint density at radius 2 is 2.40 bits per heavy atom. The van der Waals surface area contributed by atoms with E-state index in [-0.39, 0.29) is 6.10 Å². The minimum absolute atomic E-state index is 0.352. The van der Waals surface area contributed by atoms with Crippen molar-refractivity contribution in [2.75, 3.05) is 0 Å². The van der Waals surface area contributed by atoms with Crippen LogP contribution >= 0.6 is 0 Å². The molecule has 0 radical (unpaired) electrons. The Kier molecular flexibility index (Phi) is 2.12. The molecule has 1 unspecified atom stereocenters. The molecule has 0 fully saturated rings. The lowest BCUT2D eigenvalue weighted by Crippen LogP contribution is -2.01. The summed E-state index contributed by atoms with van der Waals surface area (Å²) < 4.78 is 2.03. The van der Waals surface area contributed by atoms with E-state index in [0.717, 1.165) is 12.2 Å². The molecule has 0 aliphatic carbocycles. The zero-order valence-corrected chi connectivity index (χ0v) is 6.41. The van der Waals surface area contributed by atoms with Crippen molar-refractivity contribution < 1.29 is 5.11 Å². The molecule has 1 heterocycles. The minimum atomic E-state index is -0.352. The van der Waals surface area contributed by atoms with Gasteiger partial charge in [0.1, 0.15) is 0 Å². The number of hydrogen-bond acceptors (Lipinski definition) is 1. The normalized spacial score (nSPS) is 13.5. The highest BCUT2D eigenvalue weighted by atomic mass is 16.3. The van der Waals surface area contributed by atoms with Crippen molar-refractivity contribution in [2.45, 2.75) is 26.5 Å². The maximum atomic E-state index is 9.20. The smallest absolute Gasteiger partial charge is 0.0911 e. The summed E-state index contributed by atoms with van der Waals surface area (Å²) >= 11 is 0. The van der Waals surface area contributed by atoms with Crippen LogP contribution < -0.4 is 0 Å². The first-order valence-electron chi connectivity index (χ1n) is 3.58. The summed E-state index contributed by atoms with van der Waals surface area (Å²) in [7, 11) is 0. The number of rotatable bonds is 2.